The van der Waals surface area contributed by atoms with Gasteiger partial charge < -0.3 is 5.11 Å². The Labute approximate surface area is 103 Å². The van der Waals surface area contributed by atoms with Gasteiger partial charge in [-0.2, -0.15) is 0 Å². The van der Waals surface area contributed by atoms with Crippen LogP contribution in [0.15, 0.2) is 34.9 Å². The third kappa shape index (κ3) is 2.51. The number of hydrogen-bond donors (Lipinski definition) is 1. The largest absolute Gasteiger partial charge is 0.481 e. The second-order valence-corrected chi connectivity index (χ2v) is 4.89. The molecule has 0 spiro atoms. The SMILES string of the molecule is CCCCCCCC1=C2C=CC(=C1)C2C(=O)O. The van der Waals surface area contributed by atoms with E-state index in [2.05, 4.69) is 13.0 Å². The van der Waals surface area contributed by atoms with Crippen LogP contribution in [0.2, 0.25) is 0 Å². The summed E-state index contributed by atoms with van der Waals surface area (Å²) in [6.07, 6.45) is 13.4. The summed E-state index contributed by atoms with van der Waals surface area (Å²) in [5.74, 6) is -1.07. The predicted molar refractivity (Wildman–Crippen MR) is 68.8 cm³/mol. The maximum atomic E-state index is 11.1. The van der Waals surface area contributed by atoms with Crippen LogP contribution >= 0.6 is 0 Å². The third-order valence-corrected chi connectivity index (χ3v) is 3.61. The Hall–Kier alpha value is -1.31. The van der Waals surface area contributed by atoms with Crippen molar-refractivity contribution in [2.75, 3.05) is 0 Å². The van der Waals surface area contributed by atoms with E-state index in [1.165, 1.54) is 37.7 Å². The molecule has 0 aromatic carbocycles. The van der Waals surface area contributed by atoms with E-state index in [9.17, 15) is 4.79 Å². The molecule has 0 aliphatic heterocycles. The molecule has 0 radical (unpaired) electrons. The Morgan fingerprint density at radius 2 is 2.00 bits per heavy atom. The van der Waals surface area contributed by atoms with Crippen LogP contribution in [-0.4, -0.2) is 11.1 Å². The third-order valence-electron chi connectivity index (χ3n) is 3.61. The van der Waals surface area contributed by atoms with Crippen molar-refractivity contribution in [1.82, 2.24) is 0 Å². The molecule has 0 aromatic heterocycles. The molecule has 1 atom stereocenters. The van der Waals surface area contributed by atoms with E-state index >= 15 is 0 Å². The second kappa shape index (κ2) is 5.35. The van der Waals surface area contributed by atoms with E-state index in [0.29, 0.717) is 0 Å². The van der Waals surface area contributed by atoms with E-state index in [1.807, 2.05) is 12.2 Å². The van der Waals surface area contributed by atoms with Crippen LogP contribution in [-0.2, 0) is 4.79 Å². The molecular weight excluding hydrogens is 212 g/mol. The summed E-state index contributed by atoms with van der Waals surface area (Å²) in [5, 5.41) is 9.14. The lowest BCUT2D eigenvalue weighted by Gasteiger charge is -2.05. The molecule has 17 heavy (non-hydrogen) atoms. The Bertz CT molecular complexity index is 399. The minimum Gasteiger partial charge on any atom is -0.481 e. The van der Waals surface area contributed by atoms with Gasteiger partial charge in [0, 0.05) is 0 Å². The summed E-state index contributed by atoms with van der Waals surface area (Å²) in [6.45, 7) is 2.22. The smallest absolute Gasteiger partial charge is 0.315 e. The number of rotatable bonds is 7. The van der Waals surface area contributed by atoms with Gasteiger partial charge in [-0.25, -0.2) is 0 Å². The minimum absolute atomic E-state index is 0.361. The topological polar surface area (TPSA) is 37.3 Å². The molecule has 2 bridgehead atoms. The summed E-state index contributed by atoms with van der Waals surface area (Å²) in [6, 6.07) is 0. The van der Waals surface area contributed by atoms with Crippen LogP contribution in [0.4, 0.5) is 0 Å². The lowest BCUT2D eigenvalue weighted by Crippen LogP contribution is -2.11. The molecule has 2 rings (SSSR count). The van der Waals surface area contributed by atoms with E-state index < -0.39 is 5.97 Å². The molecule has 2 aliphatic rings. The molecule has 0 saturated carbocycles. The average Bonchev–Trinajstić information content (AvgIpc) is 2.85. The lowest BCUT2D eigenvalue weighted by atomic mass is 9.99. The Kier molecular flexibility index (Phi) is 3.82. The molecular formula is C15H20O2. The highest BCUT2D eigenvalue weighted by Crippen LogP contribution is 2.41. The highest BCUT2D eigenvalue weighted by molar-refractivity contribution is 5.84. The summed E-state index contributed by atoms with van der Waals surface area (Å²) in [7, 11) is 0. The van der Waals surface area contributed by atoms with Gasteiger partial charge in [0.25, 0.3) is 0 Å². The first-order chi connectivity index (χ1) is 8.24. The maximum absolute atomic E-state index is 11.1. The number of carbonyl (C=O) groups is 1. The fourth-order valence-electron chi connectivity index (χ4n) is 2.68. The Morgan fingerprint density at radius 1 is 1.24 bits per heavy atom. The van der Waals surface area contributed by atoms with Crippen molar-refractivity contribution in [2.45, 2.75) is 45.4 Å². The fraction of sp³-hybridized carbons (Fsp3) is 0.533. The molecule has 92 valence electrons. The van der Waals surface area contributed by atoms with Gasteiger partial charge in [0.1, 0.15) is 5.92 Å². The first kappa shape index (κ1) is 12.2. The van der Waals surface area contributed by atoms with Gasteiger partial charge in [-0.05, 0) is 29.6 Å². The first-order valence-corrected chi connectivity index (χ1v) is 6.59. The van der Waals surface area contributed by atoms with Gasteiger partial charge in [0.2, 0.25) is 0 Å². The van der Waals surface area contributed by atoms with Gasteiger partial charge in [0.05, 0.1) is 0 Å². The normalized spacial score (nSPS) is 21.2. The molecule has 0 fully saturated rings. The minimum atomic E-state index is -0.711. The molecule has 2 heteroatoms. The van der Waals surface area contributed by atoms with E-state index in [4.69, 9.17) is 5.11 Å². The highest BCUT2D eigenvalue weighted by atomic mass is 16.4. The van der Waals surface area contributed by atoms with E-state index in [1.54, 1.807) is 0 Å². The summed E-state index contributed by atoms with van der Waals surface area (Å²) < 4.78 is 0. The lowest BCUT2D eigenvalue weighted by molar-refractivity contribution is -0.138. The van der Waals surface area contributed by atoms with Crippen molar-refractivity contribution in [2.24, 2.45) is 5.92 Å². The number of carboxylic acid groups (broad SMARTS) is 1. The quantitative estimate of drug-likeness (QED) is 0.677. The number of unbranched alkanes of at least 4 members (excludes halogenated alkanes) is 4. The number of fused-ring (bicyclic) bond motifs is 2. The van der Waals surface area contributed by atoms with E-state index in [-0.39, 0.29) is 5.92 Å². The average molecular weight is 232 g/mol. The Morgan fingerprint density at radius 3 is 2.65 bits per heavy atom. The van der Waals surface area contributed by atoms with Crippen LogP contribution < -0.4 is 0 Å². The van der Waals surface area contributed by atoms with Gasteiger partial charge in [-0.3, -0.25) is 4.79 Å². The van der Waals surface area contributed by atoms with Gasteiger partial charge >= 0.3 is 5.97 Å². The zero-order valence-electron chi connectivity index (χ0n) is 10.4. The van der Waals surface area contributed by atoms with Crippen LogP contribution in [0.1, 0.15) is 45.4 Å². The molecule has 0 saturated heterocycles. The van der Waals surface area contributed by atoms with Crippen LogP contribution in [0.25, 0.3) is 0 Å². The summed E-state index contributed by atoms with van der Waals surface area (Å²) in [5.41, 5.74) is 3.26. The molecule has 0 heterocycles. The number of aliphatic carboxylic acids is 1. The Balaban J connectivity index is 1.87. The number of hydrogen-bond acceptors (Lipinski definition) is 1. The van der Waals surface area contributed by atoms with Crippen LogP contribution in [0, 0.1) is 5.92 Å². The fourth-order valence-corrected chi connectivity index (χ4v) is 2.68. The van der Waals surface area contributed by atoms with Crippen LogP contribution in [0.5, 0.6) is 0 Å². The first-order valence-electron chi connectivity index (χ1n) is 6.59. The van der Waals surface area contributed by atoms with Crippen molar-refractivity contribution in [3.63, 3.8) is 0 Å². The van der Waals surface area contributed by atoms with Gasteiger partial charge in [-0.15, -0.1) is 0 Å². The van der Waals surface area contributed by atoms with E-state index in [0.717, 1.165) is 17.6 Å². The summed E-state index contributed by atoms with van der Waals surface area (Å²) in [4.78, 5) is 11.1. The maximum Gasteiger partial charge on any atom is 0.315 e. The van der Waals surface area contributed by atoms with Crippen LogP contribution in [0.3, 0.4) is 0 Å². The molecule has 1 N–H and O–H groups in total. The monoisotopic (exact) mass is 232 g/mol. The molecule has 0 amide bonds. The van der Waals surface area contributed by atoms with Crippen molar-refractivity contribution >= 4 is 5.97 Å². The van der Waals surface area contributed by atoms with Crippen molar-refractivity contribution in [1.29, 1.82) is 0 Å². The second-order valence-electron chi connectivity index (χ2n) is 4.89. The summed E-state index contributed by atoms with van der Waals surface area (Å²) >= 11 is 0. The van der Waals surface area contributed by atoms with Gasteiger partial charge in [-0.1, -0.05) is 50.8 Å². The molecule has 2 nitrogen and oxygen atoms in total. The van der Waals surface area contributed by atoms with Crippen molar-refractivity contribution < 1.29 is 9.90 Å². The predicted octanol–water partition coefficient (Wildman–Crippen LogP) is 3.85. The van der Waals surface area contributed by atoms with Crippen molar-refractivity contribution in [3.05, 3.63) is 34.9 Å². The highest BCUT2D eigenvalue weighted by Gasteiger charge is 2.34. The zero-order valence-corrected chi connectivity index (χ0v) is 10.4. The molecule has 2 aliphatic carbocycles. The molecule has 1 unspecified atom stereocenters. The van der Waals surface area contributed by atoms with Gasteiger partial charge in [0.15, 0.2) is 0 Å². The molecule has 0 aromatic rings. The number of allylic oxidation sites excluding steroid dienone is 4. The number of carboxylic acids is 1. The standard InChI is InChI=1S/C15H20O2/c1-2-3-4-5-6-7-11-10-12-8-9-13(11)14(12)15(16)17/h8-10,14H,2-7H2,1H3,(H,16,17). The zero-order chi connectivity index (χ0) is 12.3. The van der Waals surface area contributed by atoms with Crippen molar-refractivity contribution in [3.8, 4) is 0 Å².